The maximum atomic E-state index is 5.30. The normalized spacial score (nSPS) is 19.9. The number of nitrogens with one attached hydrogen (secondary N) is 2. The number of rotatable bonds is 1. The quantitative estimate of drug-likeness (QED) is 0.704. The Hall–Kier alpha value is -1.10. The van der Waals surface area contributed by atoms with E-state index in [2.05, 4.69) is 27.1 Å². The van der Waals surface area contributed by atoms with Crippen molar-refractivity contribution in [1.82, 2.24) is 20.2 Å². The zero-order valence-electron chi connectivity index (χ0n) is 9.08. The highest BCUT2D eigenvalue weighted by atomic mass is 32.1. The first-order valence-corrected chi connectivity index (χ1v) is 5.69. The monoisotopic (exact) mass is 224 g/mol. The van der Waals surface area contributed by atoms with Crippen molar-refractivity contribution in [2.24, 2.45) is 0 Å². The molecule has 1 aromatic heterocycles. The summed E-state index contributed by atoms with van der Waals surface area (Å²) in [4.78, 5) is 9.81. The second-order valence-electron chi connectivity index (χ2n) is 3.69. The number of fused-ring (bicyclic) bond motifs is 1. The van der Waals surface area contributed by atoms with Crippen molar-refractivity contribution < 1.29 is 0 Å². The van der Waals surface area contributed by atoms with Gasteiger partial charge in [-0.1, -0.05) is 6.92 Å². The van der Waals surface area contributed by atoms with Crippen LogP contribution in [0.4, 0.5) is 0 Å². The third kappa shape index (κ3) is 1.71. The molecule has 1 aliphatic rings. The molecule has 5 heteroatoms. The van der Waals surface area contributed by atoms with E-state index in [1.54, 1.807) is 6.33 Å². The van der Waals surface area contributed by atoms with Gasteiger partial charge in [0.1, 0.15) is 0 Å². The van der Waals surface area contributed by atoms with Crippen molar-refractivity contribution in [3.63, 3.8) is 0 Å². The standard InChI is InChI=1S/C10H16N4S/c1-3-8-9-7(12-6-13-9)4-5-14(8)10(15)11-2/h6,8H,3-5H2,1-2H3,(H,11,15)(H,12,13). The van der Waals surface area contributed by atoms with Crippen molar-refractivity contribution in [3.05, 3.63) is 17.7 Å². The fraction of sp³-hybridized carbons (Fsp3) is 0.600. The van der Waals surface area contributed by atoms with Crippen LogP contribution in [-0.4, -0.2) is 33.6 Å². The molecule has 4 nitrogen and oxygen atoms in total. The lowest BCUT2D eigenvalue weighted by atomic mass is 10.0. The first kappa shape index (κ1) is 10.4. The number of aromatic nitrogens is 2. The second-order valence-corrected chi connectivity index (χ2v) is 4.08. The molecule has 0 aromatic carbocycles. The van der Waals surface area contributed by atoms with Gasteiger partial charge in [-0.2, -0.15) is 0 Å². The van der Waals surface area contributed by atoms with Gasteiger partial charge in [-0.15, -0.1) is 0 Å². The Balaban J connectivity index is 2.28. The van der Waals surface area contributed by atoms with E-state index in [-0.39, 0.29) is 0 Å². The van der Waals surface area contributed by atoms with Gasteiger partial charge in [-0.3, -0.25) is 0 Å². The summed E-state index contributed by atoms with van der Waals surface area (Å²) in [6.45, 7) is 3.13. The van der Waals surface area contributed by atoms with Crippen LogP contribution in [-0.2, 0) is 6.42 Å². The maximum Gasteiger partial charge on any atom is 0.169 e. The summed E-state index contributed by atoms with van der Waals surface area (Å²) in [7, 11) is 1.87. The number of aromatic amines is 1. The fourth-order valence-electron chi connectivity index (χ4n) is 2.16. The molecule has 1 aliphatic heterocycles. The molecule has 0 bridgehead atoms. The van der Waals surface area contributed by atoms with Gasteiger partial charge < -0.3 is 15.2 Å². The molecule has 0 amide bonds. The molecule has 15 heavy (non-hydrogen) atoms. The van der Waals surface area contributed by atoms with E-state index in [1.165, 1.54) is 5.69 Å². The van der Waals surface area contributed by atoms with Crippen LogP contribution in [0.25, 0.3) is 0 Å². The molecule has 0 aliphatic carbocycles. The van der Waals surface area contributed by atoms with Crippen LogP contribution in [0.5, 0.6) is 0 Å². The van der Waals surface area contributed by atoms with Gasteiger partial charge in [-0.05, 0) is 18.6 Å². The molecular formula is C10H16N4S. The molecule has 0 saturated carbocycles. The zero-order valence-corrected chi connectivity index (χ0v) is 9.90. The SMILES string of the molecule is CCC1c2nc[nH]c2CCN1C(=S)NC. The maximum absolute atomic E-state index is 5.30. The molecule has 0 fully saturated rings. The van der Waals surface area contributed by atoms with Crippen LogP contribution >= 0.6 is 12.2 Å². The minimum Gasteiger partial charge on any atom is -0.366 e. The number of imidazole rings is 1. The van der Waals surface area contributed by atoms with Gasteiger partial charge in [0, 0.05) is 25.7 Å². The van der Waals surface area contributed by atoms with E-state index in [1.807, 2.05) is 7.05 Å². The Morgan fingerprint density at radius 1 is 1.80 bits per heavy atom. The Morgan fingerprint density at radius 3 is 3.27 bits per heavy atom. The summed E-state index contributed by atoms with van der Waals surface area (Å²) in [6.07, 6.45) is 3.80. The van der Waals surface area contributed by atoms with Crippen LogP contribution in [0.1, 0.15) is 30.8 Å². The predicted octanol–water partition coefficient (Wildman–Crippen LogP) is 1.22. The number of hydrogen-bond acceptors (Lipinski definition) is 2. The summed E-state index contributed by atoms with van der Waals surface area (Å²) in [5.74, 6) is 0. The van der Waals surface area contributed by atoms with Gasteiger partial charge >= 0.3 is 0 Å². The van der Waals surface area contributed by atoms with E-state index in [0.29, 0.717) is 6.04 Å². The highest BCUT2D eigenvalue weighted by molar-refractivity contribution is 7.80. The number of hydrogen-bond donors (Lipinski definition) is 2. The van der Waals surface area contributed by atoms with Crippen LogP contribution < -0.4 is 5.32 Å². The van der Waals surface area contributed by atoms with Gasteiger partial charge in [0.25, 0.3) is 0 Å². The molecule has 2 N–H and O–H groups in total. The molecule has 1 unspecified atom stereocenters. The molecule has 0 radical (unpaired) electrons. The molecular weight excluding hydrogens is 208 g/mol. The average molecular weight is 224 g/mol. The third-order valence-electron chi connectivity index (χ3n) is 2.91. The summed E-state index contributed by atoms with van der Waals surface area (Å²) in [6, 6.07) is 0.319. The zero-order chi connectivity index (χ0) is 10.8. The van der Waals surface area contributed by atoms with E-state index < -0.39 is 0 Å². The molecule has 2 rings (SSSR count). The van der Waals surface area contributed by atoms with Gasteiger partial charge in [0.15, 0.2) is 5.11 Å². The van der Waals surface area contributed by atoms with Crippen molar-refractivity contribution >= 4 is 17.3 Å². The molecule has 1 atom stereocenters. The minimum absolute atomic E-state index is 0.319. The Morgan fingerprint density at radius 2 is 2.60 bits per heavy atom. The van der Waals surface area contributed by atoms with Crippen LogP contribution in [0.3, 0.4) is 0 Å². The van der Waals surface area contributed by atoms with E-state index in [9.17, 15) is 0 Å². The first-order valence-electron chi connectivity index (χ1n) is 5.28. The van der Waals surface area contributed by atoms with E-state index in [4.69, 9.17) is 12.2 Å². The molecule has 82 valence electrons. The Labute approximate surface area is 95.1 Å². The lowest BCUT2D eigenvalue weighted by molar-refractivity contribution is 0.283. The second kappa shape index (κ2) is 4.18. The van der Waals surface area contributed by atoms with Crippen LogP contribution in [0.2, 0.25) is 0 Å². The largest absolute Gasteiger partial charge is 0.366 e. The Kier molecular flexibility index (Phi) is 2.90. The first-order chi connectivity index (χ1) is 7.27. The van der Waals surface area contributed by atoms with Crippen molar-refractivity contribution in [2.45, 2.75) is 25.8 Å². The summed E-state index contributed by atoms with van der Waals surface area (Å²) in [5.41, 5.74) is 2.42. The lowest BCUT2D eigenvalue weighted by Crippen LogP contribution is -2.44. The summed E-state index contributed by atoms with van der Waals surface area (Å²) >= 11 is 5.30. The van der Waals surface area contributed by atoms with Gasteiger partial charge in [0.05, 0.1) is 18.1 Å². The average Bonchev–Trinajstić information content (AvgIpc) is 2.74. The molecule has 0 saturated heterocycles. The molecule has 1 aromatic rings. The minimum atomic E-state index is 0.319. The van der Waals surface area contributed by atoms with Crippen molar-refractivity contribution in [2.75, 3.05) is 13.6 Å². The van der Waals surface area contributed by atoms with Crippen molar-refractivity contribution in [3.8, 4) is 0 Å². The topological polar surface area (TPSA) is 44.0 Å². The smallest absolute Gasteiger partial charge is 0.169 e. The number of H-pyrrole nitrogens is 1. The van der Waals surface area contributed by atoms with Gasteiger partial charge in [-0.25, -0.2) is 4.98 Å². The summed E-state index contributed by atoms with van der Waals surface area (Å²) < 4.78 is 0. The van der Waals surface area contributed by atoms with Crippen LogP contribution in [0.15, 0.2) is 6.33 Å². The lowest BCUT2D eigenvalue weighted by Gasteiger charge is -2.35. The Bertz CT molecular complexity index is 360. The highest BCUT2D eigenvalue weighted by Crippen LogP contribution is 2.29. The van der Waals surface area contributed by atoms with E-state index >= 15 is 0 Å². The summed E-state index contributed by atoms with van der Waals surface area (Å²) in [5, 5.41) is 3.86. The fourth-order valence-corrected chi connectivity index (χ4v) is 2.37. The van der Waals surface area contributed by atoms with Crippen LogP contribution in [0, 0.1) is 0 Å². The number of thiocarbonyl (C=S) groups is 1. The van der Waals surface area contributed by atoms with E-state index in [0.717, 1.165) is 30.2 Å². The van der Waals surface area contributed by atoms with Gasteiger partial charge in [0.2, 0.25) is 0 Å². The number of nitrogens with zero attached hydrogens (tertiary/aromatic N) is 2. The van der Waals surface area contributed by atoms with Crippen molar-refractivity contribution in [1.29, 1.82) is 0 Å². The third-order valence-corrected chi connectivity index (χ3v) is 3.35. The highest BCUT2D eigenvalue weighted by Gasteiger charge is 2.29. The molecule has 0 spiro atoms. The molecule has 2 heterocycles. The predicted molar refractivity (Wildman–Crippen MR) is 63.7 cm³/mol.